The first-order chi connectivity index (χ1) is 13.9. The largest absolute Gasteiger partial charge is 0.494 e. The number of benzene rings is 1. The predicted octanol–water partition coefficient (Wildman–Crippen LogP) is 2.47. The summed E-state index contributed by atoms with van der Waals surface area (Å²) in [7, 11) is -1.62. The van der Waals surface area contributed by atoms with Crippen LogP contribution in [-0.4, -0.2) is 71.9 Å². The topological polar surface area (TPSA) is 89.5 Å². The molecule has 29 heavy (non-hydrogen) atoms. The second-order valence-corrected chi connectivity index (χ2v) is 9.33. The summed E-state index contributed by atoms with van der Waals surface area (Å²) in [5, 5.41) is 10.3. The van der Waals surface area contributed by atoms with Gasteiger partial charge in [0.05, 0.1) is 16.2 Å². The molecule has 0 amide bonds. The van der Waals surface area contributed by atoms with Gasteiger partial charge in [0.25, 0.3) is 0 Å². The number of H-pyrrole nitrogens is 1. The Hall–Kier alpha value is -2.68. The van der Waals surface area contributed by atoms with Crippen LogP contribution in [0.5, 0.6) is 5.88 Å². The van der Waals surface area contributed by atoms with Crippen molar-refractivity contribution in [1.82, 2.24) is 19.8 Å². The van der Waals surface area contributed by atoms with Gasteiger partial charge in [-0.25, -0.2) is 8.42 Å². The summed E-state index contributed by atoms with van der Waals surface area (Å²) in [5.41, 5.74) is 1.86. The van der Waals surface area contributed by atoms with Gasteiger partial charge in [0.15, 0.2) is 15.7 Å². The molecule has 3 heterocycles. The fraction of sp³-hybridized carbons (Fsp3) is 0.286. The second kappa shape index (κ2) is 7.62. The maximum Gasteiger partial charge on any atom is 0.199 e. The predicted molar refractivity (Wildman–Crippen MR) is 113 cm³/mol. The normalized spacial score (nSPS) is 17.4. The van der Waals surface area contributed by atoms with E-state index in [4.69, 9.17) is 0 Å². The van der Waals surface area contributed by atoms with Gasteiger partial charge in [-0.2, -0.15) is 0 Å². The number of fused-ring (bicyclic) bond motifs is 1. The van der Waals surface area contributed by atoms with E-state index in [1.165, 1.54) is 12.3 Å². The van der Waals surface area contributed by atoms with Gasteiger partial charge in [0.1, 0.15) is 5.37 Å². The molecular formula is C21H24N4O3S. The lowest BCUT2D eigenvalue weighted by atomic mass is 10.1. The third-order valence-electron chi connectivity index (χ3n) is 5.42. The van der Waals surface area contributed by atoms with Crippen molar-refractivity contribution in [2.24, 2.45) is 0 Å². The second-order valence-electron chi connectivity index (χ2n) is 7.28. The zero-order chi connectivity index (χ0) is 20.6. The highest BCUT2D eigenvalue weighted by atomic mass is 32.2. The molecule has 1 saturated heterocycles. The van der Waals surface area contributed by atoms with Crippen LogP contribution in [-0.2, 0) is 9.84 Å². The van der Waals surface area contributed by atoms with Crippen LogP contribution in [0.1, 0.15) is 0 Å². The molecule has 3 aromatic rings. The zero-order valence-corrected chi connectivity index (χ0v) is 17.1. The Balaban J connectivity index is 1.66. The van der Waals surface area contributed by atoms with Gasteiger partial charge in [-0.1, -0.05) is 24.3 Å². The van der Waals surface area contributed by atoms with Gasteiger partial charge in [-0.05, 0) is 25.2 Å². The highest BCUT2D eigenvalue weighted by Gasteiger charge is 2.32. The molecule has 0 spiro atoms. The van der Waals surface area contributed by atoms with Crippen molar-refractivity contribution in [2.45, 2.75) is 10.3 Å². The van der Waals surface area contributed by atoms with Crippen LogP contribution in [0, 0.1) is 0 Å². The number of para-hydroxylation sites is 1. The van der Waals surface area contributed by atoms with E-state index in [-0.39, 0.29) is 10.8 Å². The van der Waals surface area contributed by atoms with E-state index in [1.54, 1.807) is 12.1 Å². The maximum atomic E-state index is 13.2. The molecule has 0 aliphatic carbocycles. The van der Waals surface area contributed by atoms with Crippen LogP contribution in [0.25, 0.3) is 22.2 Å². The van der Waals surface area contributed by atoms with Gasteiger partial charge in [-0.15, -0.1) is 6.58 Å². The first kappa shape index (κ1) is 19.6. The van der Waals surface area contributed by atoms with Crippen molar-refractivity contribution in [2.75, 3.05) is 33.2 Å². The molecule has 4 rings (SSSR count). The summed E-state index contributed by atoms with van der Waals surface area (Å²) in [6, 6.07) is 10.7. The van der Waals surface area contributed by atoms with E-state index >= 15 is 0 Å². The Bertz CT molecular complexity index is 1130. The van der Waals surface area contributed by atoms with Crippen molar-refractivity contribution < 1.29 is 13.5 Å². The fourth-order valence-electron chi connectivity index (χ4n) is 3.77. The fourth-order valence-corrected chi connectivity index (χ4v) is 5.36. The molecule has 2 N–H and O–H groups in total. The Morgan fingerprint density at radius 2 is 1.90 bits per heavy atom. The third kappa shape index (κ3) is 3.55. The lowest BCUT2D eigenvalue weighted by Crippen LogP contribution is -2.50. The molecule has 152 valence electrons. The average Bonchev–Trinajstić information content (AvgIpc) is 3.05. The first-order valence-electron chi connectivity index (χ1n) is 9.47. The number of nitrogens with one attached hydrogen (secondary N) is 1. The van der Waals surface area contributed by atoms with Crippen molar-refractivity contribution in [3.8, 4) is 17.1 Å². The highest BCUT2D eigenvalue weighted by Crippen LogP contribution is 2.35. The minimum atomic E-state index is -3.65. The molecule has 1 atom stereocenters. The Labute approximate surface area is 170 Å². The first-order valence-corrected chi connectivity index (χ1v) is 11.0. The molecule has 2 aromatic heterocycles. The smallest absolute Gasteiger partial charge is 0.199 e. The quantitative estimate of drug-likeness (QED) is 0.626. The molecule has 1 aliphatic rings. The van der Waals surface area contributed by atoms with E-state index in [0.717, 1.165) is 24.0 Å². The summed E-state index contributed by atoms with van der Waals surface area (Å²) in [4.78, 5) is 11.5. The summed E-state index contributed by atoms with van der Waals surface area (Å²) >= 11 is 0. The minimum Gasteiger partial charge on any atom is -0.494 e. The van der Waals surface area contributed by atoms with Crippen LogP contribution < -0.4 is 0 Å². The van der Waals surface area contributed by atoms with E-state index < -0.39 is 15.2 Å². The molecule has 0 bridgehead atoms. The van der Waals surface area contributed by atoms with Gasteiger partial charge in [-0.3, -0.25) is 9.88 Å². The number of hydrogen-bond acceptors (Lipinski definition) is 6. The summed E-state index contributed by atoms with van der Waals surface area (Å²) in [6.07, 6.45) is 2.85. The third-order valence-corrected chi connectivity index (χ3v) is 7.45. The summed E-state index contributed by atoms with van der Waals surface area (Å²) in [5.74, 6) is 0.00992. The number of pyridine rings is 1. The molecule has 1 unspecified atom stereocenters. The number of likely N-dealkylation sites (N-methyl/N-ethyl adjacent to an activating group) is 1. The van der Waals surface area contributed by atoms with Crippen LogP contribution in [0.2, 0.25) is 0 Å². The van der Waals surface area contributed by atoms with Crippen molar-refractivity contribution in [3.63, 3.8) is 0 Å². The van der Waals surface area contributed by atoms with Crippen LogP contribution in [0.15, 0.2) is 60.1 Å². The van der Waals surface area contributed by atoms with E-state index in [0.29, 0.717) is 24.3 Å². The van der Waals surface area contributed by atoms with E-state index in [1.807, 2.05) is 36.2 Å². The Morgan fingerprint density at radius 3 is 2.55 bits per heavy atom. The molecule has 0 radical (unpaired) electrons. The van der Waals surface area contributed by atoms with Crippen molar-refractivity contribution in [1.29, 1.82) is 0 Å². The number of aromatic hydroxyl groups is 1. The SMILES string of the molecule is C=CC(N1CCN(C)CC1)S(=O)(=O)c1ccc(-c2c(O)[nH]c3ccccc23)nc1. The minimum absolute atomic E-state index is 0.00992. The number of piperazine rings is 1. The van der Waals surface area contributed by atoms with E-state index in [2.05, 4.69) is 21.4 Å². The van der Waals surface area contributed by atoms with Crippen LogP contribution in [0.4, 0.5) is 0 Å². The summed E-state index contributed by atoms with van der Waals surface area (Å²) in [6.45, 7) is 6.73. The monoisotopic (exact) mass is 412 g/mol. The van der Waals surface area contributed by atoms with Crippen LogP contribution >= 0.6 is 0 Å². The molecule has 0 saturated carbocycles. The van der Waals surface area contributed by atoms with Gasteiger partial charge in [0, 0.05) is 43.3 Å². The van der Waals surface area contributed by atoms with Crippen molar-refractivity contribution >= 4 is 20.7 Å². The molecule has 7 nitrogen and oxygen atoms in total. The number of nitrogens with zero attached hydrogens (tertiary/aromatic N) is 3. The molecular weight excluding hydrogens is 388 g/mol. The number of aromatic nitrogens is 2. The van der Waals surface area contributed by atoms with Crippen LogP contribution in [0.3, 0.4) is 0 Å². The molecule has 1 aliphatic heterocycles. The number of sulfone groups is 1. The molecule has 1 fully saturated rings. The average molecular weight is 413 g/mol. The van der Waals surface area contributed by atoms with Gasteiger partial charge >= 0.3 is 0 Å². The number of rotatable bonds is 5. The number of aromatic amines is 1. The molecule has 8 heteroatoms. The maximum absolute atomic E-state index is 13.2. The lowest BCUT2D eigenvalue weighted by molar-refractivity contribution is 0.154. The lowest BCUT2D eigenvalue weighted by Gasteiger charge is -2.36. The Kier molecular flexibility index (Phi) is 5.16. The Morgan fingerprint density at radius 1 is 1.17 bits per heavy atom. The zero-order valence-electron chi connectivity index (χ0n) is 16.2. The standard InChI is InChI=1S/C21H24N4O3S/c1-3-19(25-12-10-24(2)11-13-25)29(27,28)15-8-9-18(22-14-15)20-16-6-4-5-7-17(16)23-21(20)26/h3-9,14,19,23,26H,1,10-13H2,2H3. The van der Waals surface area contributed by atoms with E-state index in [9.17, 15) is 13.5 Å². The summed E-state index contributed by atoms with van der Waals surface area (Å²) < 4.78 is 26.4. The van der Waals surface area contributed by atoms with Gasteiger partial charge in [0.2, 0.25) is 0 Å². The van der Waals surface area contributed by atoms with Gasteiger partial charge < -0.3 is 15.0 Å². The highest BCUT2D eigenvalue weighted by molar-refractivity contribution is 7.92. The van der Waals surface area contributed by atoms with Crippen molar-refractivity contribution in [3.05, 3.63) is 55.3 Å². The molecule has 1 aromatic carbocycles. The number of hydrogen-bond donors (Lipinski definition) is 2.